The third-order valence-corrected chi connectivity index (χ3v) is 3.45. The summed E-state index contributed by atoms with van der Waals surface area (Å²) in [4.78, 5) is 17.0. The van der Waals surface area contributed by atoms with Crippen molar-refractivity contribution in [2.45, 2.75) is 0 Å². The second kappa shape index (κ2) is 4.58. The van der Waals surface area contributed by atoms with Crippen LogP contribution >= 0.6 is 11.3 Å². The summed E-state index contributed by atoms with van der Waals surface area (Å²) < 4.78 is 6.26. The van der Waals surface area contributed by atoms with Gasteiger partial charge in [-0.3, -0.25) is 4.79 Å². The quantitative estimate of drug-likeness (QED) is 0.887. The van der Waals surface area contributed by atoms with Gasteiger partial charge in [-0.05, 0) is 12.1 Å². The van der Waals surface area contributed by atoms with E-state index in [4.69, 9.17) is 10.5 Å². The number of carbonyl (C=O) groups is 1. The Labute approximate surface area is 103 Å². The van der Waals surface area contributed by atoms with Crippen molar-refractivity contribution >= 4 is 32.6 Å². The van der Waals surface area contributed by atoms with Crippen LogP contribution in [0.3, 0.4) is 0 Å². The van der Waals surface area contributed by atoms with Gasteiger partial charge in [0, 0.05) is 7.05 Å². The summed E-state index contributed by atoms with van der Waals surface area (Å²) in [6, 6.07) is 5.74. The number of hydrogen-bond donors (Lipinski definition) is 1. The van der Waals surface area contributed by atoms with Gasteiger partial charge in [0.05, 0.1) is 18.4 Å². The number of thiazole rings is 1. The number of likely N-dealkylation sites (N-methyl/N-ethyl adjacent to an activating group) is 1. The lowest BCUT2D eigenvalue weighted by atomic mass is 10.3. The highest BCUT2D eigenvalue weighted by Crippen LogP contribution is 2.33. The van der Waals surface area contributed by atoms with Crippen LogP contribution < -0.4 is 15.4 Å². The number of hydrogen-bond acceptors (Lipinski definition) is 5. The summed E-state index contributed by atoms with van der Waals surface area (Å²) in [5.41, 5.74) is 5.96. The summed E-state index contributed by atoms with van der Waals surface area (Å²) in [6.45, 7) is 0.155. The van der Waals surface area contributed by atoms with Gasteiger partial charge in [0.25, 0.3) is 0 Å². The molecule has 17 heavy (non-hydrogen) atoms. The molecule has 0 aliphatic rings. The van der Waals surface area contributed by atoms with Gasteiger partial charge in [0.15, 0.2) is 5.13 Å². The molecule has 0 bridgehead atoms. The minimum Gasteiger partial charge on any atom is -0.494 e. The minimum absolute atomic E-state index is 0.155. The van der Waals surface area contributed by atoms with Crippen molar-refractivity contribution in [3.8, 4) is 5.75 Å². The van der Waals surface area contributed by atoms with Gasteiger partial charge >= 0.3 is 0 Å². The first-order valence-corrected chi connectivity index (χ1v) is 5.86. The van der Waals surface area contributed by atoms with E-state index in [1.807, 2.05) is 18.2 Å². The summed E-state index contributed by atoms with van der Waals surface area (Å²) in [6.07, 6.45) is 0. The Balaban J connectivity index is 2.40. The van der Waals surface area contributed by atoms with E-state index in [-0.39, 0.29) is 12.5 Å². The van der Waals surface area contributed by atoms with E-state index in [1.54, 1.807) is 19.1 Å². The first-order valence-electron chi connectivity index (χ1n) is 5.05. The van der Waals surface area contributed by atoms with Crippen LogP contribution in [0.15, 0.2) is 18.2 Å². The van der Waals surface area contributed by atoms with Gasteiger partial charge in [-0.15, -0.1) is 0 Å². The normalized spacial score (nSPS) is 10.5. The minimum atomic E-state index is -0.376. The zero-order valence-electron chi connectivity index (χ0n) is 9.64. The van der Waals surface area contributed by atoms with Gasteiger partial charge in [0.2, 0.25) is 5.91 Å². The molecular weight excluding hydrogens is 238 g/mol. The van der Waals surface area contributed by atoms with Gasteiger partial charge in [-0.1, -0.05) is 17.4 Å². The van der Waals surface area contributed by atoms with E-state index in [2.05, 4.69) is 4.98 Å². The number of aromatic nitrogens is 1. The van der Waals surface area contributed by atoms with Crippen molar-refractivity contribution in [2.75, 3.05) is 25.6 Å². The molecule has 0 atom stereocenters. The van der Waals surface area contributed by atoms with Crippen LogP contribution in [0, 0.1) is 0 Å². The lowest BCUT2D eigenvalue weighted by Gasteiger charge is -2.12. The summed E-state index contributed by atoms with van der Waals surface area (Å²) >= 11 is 1.50. The Morgan fingerprint density at radius 1 is 1.59 bits per heavy atom. The maximum absolute atomic E-state index is 10.9. The first kappa shape index (κ1) is 11.7. The second-order valence-corrected chi connectivity index (χ2v) is 4.63. The Hall–Kier alpha value is -1.82. The standard InChI is InChI=1S/C11H13N3O2S/c1-14(6-9(12)15)11-13-10-7(16-2)4-3-5-8(10)17-11/h3-5H,6H2,1-2H3,(H2,12,15). The molecule has 0 saturated heterocycles. The number of anilines is 1. The SMILES string of the molecule is COc1cccc2sc(N(C)CC(N)=O)nc12. The highest BCUT2D eigenvalue weighted by atomic mass is 32.1. The highest BCUT2D eigenvalue weighted by Gasteiger charge is 2.12. The third-order valence-electron chi connectivity index (χ3n) is 2.31. The fourth-order valence-corrected chi connectivity index (χ4v) is 2.48. The first-order chi connectivity index (χ1) is 8.11. The number of nitrogens with two attached hydrogens (primary N) is 1. The van der Waals surface area contributed by atoms with Crippen molar-refractivity contribution < 1.29 is 9.53 Å². The molecule has 1 aromatic carbocycles. The van der Waals surface area contributed by atoms with Gasteiger partial charge in [-0.25, -0.2) is 4.98 Å². The number of ether oxygens (including phenoxy) is 1. The Bertz CT molecular complexity index is 553. The monoisotopic (exact) mass is 251 g/mol. The average molecular weight is 251 g/mol. The van der Waals surface area contributed by atoms with Gasteiger partial charge in [0.1, 0.15) is 11.3 Å². The lowest BCUT2D eigenvalue weighted by Crippen LogP contribution is -2.30. The molecule has 2 aromatic rings. The van der Waals surface area contributed by atoms with Crippen LogP contribution in [0.2, 0.25) is 0 Å². The maximum Gasteiger partial charge on any atom is 0.237 e. The molecule has 0 unspecified atom stereocenters. The number of carbonyl (C=O) groups excluding carboxylic acids is 1. The smallest absolute Gasteiger partial charge is 0.237 e. The molecule has 1 amide bonds. The van der Waals surface area contributed by atoms with Gasteiger partial charge in [-0.2, -0.15) is 0 Å². The fourth-order valence-electron chi connectivity index (χ4n) is 1.54. The van der Waals surface area contributed by atoms with Crippen LogP contribution in [0.5, 0.6) is 5.75 Å². The van der Waals surface area contributed by atoms with Crippen LogP contribution in [0.1, 0.15) is 0 Å². The Morgan fingerprint density at radius 3 is 3.00 bits per heavy atom. The summed E-state index contributed by atoms with van der Waals surface area (Å²) in [5.74, 6) is 0.358. The molecule has 0 aliphatic carbocycles. The number of fused-ring (bicyclic) bond motifs is 1. The van der Waals surface area contributed by atoms with Crippen molar-refractivity contribution in [1.29, 1.82) is 0 Å². The van der Waals surface area contributed by atoms with Crippen molar-refractivity contribution in [3.05, 3.63) is 18.2 Å². The molecule has 1 heterocycles. The number of primary amides is 1. The largest absolute Gasteiger partial charge is 0.494 e. The van der Waals surface area contributed by atoms with Crippen molar-refractivity contribution in [2.24, 2.45) is 5.73 Å². The molecule has 0 spiro atoms. The molecule has 0 aliphatic heterocycles. The van der Waals surface area contributed by atoms with E-state index < -0.39 is 0 Å². The highest BCUT2D eigenvalue weighted by molar-refractivity contribution is 7.22. The zero-order chi connectivity index (χ0) is 12.4. The predicted molar refractivity (Wildman–Crippen MR) is 68.6 cm³/mol. The Kier molecular flexibility index (Phi) is 3.14. The lowest BCUT2D eigenvalue weighted by molar-refractivity contribution is -0.116. The van der Waals surface area contributed by atoms with Crippen molar-refractivity contribution in [1.82, 2.24) is 4.98 Å². The van der Waals surface area contributed by atoms with E-state index >= 15 is 0 Å². The average Bonchev–Trinajstić information content (AvgIpc) is 2.71. The number of methoxy groups -OCH3 is 1. The van der Waals surface area contributed by atoms with Crippen molar-refractivity contribution in [3.63, 3.8) is 0 Å². The van der Waals surface area contributed by atoms with E-state index in [9.17, 15) is 4.79 Å². The predicted octanol–water partition coefficient (Wildman–Crippen LogP) is 1.23. The maximum atomic E-state index is 10.9. The number of nitrogens with zero attached hydrogens (tertiary/aromatic N) is 2. The molecule has 90 valence electrons. The molecule has 2 N–H and O–H groups in total. The molecule has 0 saturated carbocycles. The van der Waals surface area contributed by atoms with Crippen LogP contribution in [0.4, 0.5) is 5.13 Å². The Morgan fingerprint density at radius 2 is 2.35 bits per heavy atom. The van der Waals surface area contributed by atoms with Gasteiger partial charge < -0.3 is 15.4 Å². The zero-order valence-corrected chi connectivity index (χ0v) is 10.5. The molecular formula is C11H13N3O2S. The van der Waals surface area contributed by atoms with E-state index in [1.165, 1.54) is 11.3 Å². The molecule has 0 fully saturated rings. The summed E-state index contributed by atoms with van der Waals surface area (Å²) in [7, 11) is 3.40. The molecule has 0 radical (unpaired) electrons. The van der Waals surface area contributed by atoms with Crippen LogP contribution in [-0.4, -0.2) is 31.6 Å². The van der Waals surface area contributed by atoms with E-state index in [0.29, 0.717) is 0 Å². The summed E-state index contributed by atoms with van der Waals surface area (Å²) in [5, 5.41) is 0.753. The number of rotatable bonds is 4. The third kappa shape index (κ3) is 2.31. The molecule has 2 rings (SSSR count). The molecule has 1 aromatic heterocycles. The number of para-hydroxylation sites is 1. The fraction of sp³-hybridized carbons (Fsp3) is 0.273. The second-order valence-electron chi connectivity index (χ2n) is 3.63. The number of amides is 1. The topological polar surface area (TPSA) is 68.5 Å². The molecule has 6 heteroatoms. The van der Waals surface area contributed by atoms with Crippen LogP contribution in [0.25, 0.3) is 10.2 Å². The number of benzene rings is 1. The molecule has 5 nitrogen and oxygen atoms in total. The van der Waals surface area contributed by atoms with Crippen LogP contribution in [-0.2, 0) is 4.79 Å². The van der Waals surface area contributed by atoms with E-state index in [0.717, 1.165) is 21.1 Å².